The molecule has 3 rings (SSSR count). The summed E-state index contributed by atoms with van der Waals surface area (Å²) in [5, 5.41) is 8.02. The summed E-state index contributed by atoms with van der Waals surface area (Å²) >= 11 is 6.03. The second-order valence-electron chi connectivity index (χ2n) is 7.01. The van der Waals surface area contributed by atoms with Crippen molar-refractivity contribution in [3.63, 3.8) is 0 Å². The van der Waals surface area contributed by atoms with E-state index in [2.05, 4.69) is 22.0 Å². The van der Waals surface area contributed by atoms with E-state index in [4.69, 9.17) is 26.8 Å². The summed E-state index contributed by atoms with van der Waals surface area (Å²) in [5.74, 6) is 0.0298. The maximum absolute atomic E-state index is 12.2. The van der Waals surface area contributed by atoms with Crippen molar-refractivity contribution in [1.82, 2.24) is 10.2 Å². The number of nitrogens with two attached hydrogens (primary N) is 1. The molecule has 1 aliphatic heterocycles. The van der Waals surface area contributed by atoms with Crippen LogP contribution in [0.4, 0.5) is 11.5 Å². The van der Waals surface area contributed by atoms with Gasteiger partial charge in [-0.3, -0.25) is 0 Å². The highest BCUT2D eigenvalue weighted by Crippen LogP contribution is 2.34. The number of hydrogen-bond donors (Lipinski definition) is 1. The van der Waals surface area contributed by atoms with Crippen LogP contribution in [-0.2, 0) is 9.47 Å². The van der Waals surface area contributed by atoms with E-state index in [1.54, 1.807) is 13.0 Å². The third kappa shape index (κ3) is 4.05. The third-order valence-corrected chi connectivity index (χ3v) is 5.15. The van der Waals surface area contributed by atoms with Gasteiger partial charge in [0.1, 0.15) is 6.10 Å². The second kappa shape index (κ2) is 8.32. The van der Waals surface area contributed by atoms with Gasteiger partial charge in [-0.05, 0) is 50.5 Å². The summed E-state index contributed by atoms with van der Waals surface area (Å²) in [6, 6.07) is 5.71. The van der Waals surface area contributed by atoms with Crippen molar-refractivity contribution in [1.29, 1.82) is 0 Å². The number of anilines is 2. The molecule has 7 nitrogen and oxygen atoms in total. The molecule has 0 unspecified atom stereocenters. The first kappa shape index (κ1) is 20.4. The van der Waals surface area contributed by atoms with Crippen LogP contribution in [0.2, 0.25) is 5.15 Å². The lowest BCUT2D eigenvalue weighted by atomic mass is 9.95. The number of rotatable bonds is 4. The fraction of sp³-hybridized carbons (Fsp3) is 0.450. The van der Waals surface area contributed by atoms with Crippen molar-refractivity contribution in [2.75, 3.05) is 30.4 Å². The molecule has 0 radical (unpaired) electrons. The van der Waals surface area contributed by atoms with Gasteiger partial charge in [0.15, 0.2) is 11.0 Å². The molecular formula is C20H25ClN4O3. The Labute approximate surface area is 169 Å². The molecule has 0 amide bonds. The molecule has 28 heavy (non-hydrogen) atoms. The number of nitrogens with zero attached hydrogens (tertiary/aromatic N) is 3. The molecule has 0 spiro atoms. The highest BCUT2D eigenvalue weighted by molar-refractivity contribution is 6.29. The maximum Gasteiger partial charge on any atom is 0.338 e. The monoisotopic (exact) mass is 404 g/mol. The summed E-state index contributed by atoms with van der Waals surface area (Å²) in [4.78, 5) is 14.3. The molecule has 1 saturated heterocycles. The predicted octanol–water partition coefficient (Wildman–Crippen LogP) is 3.47. The molecule has 2 N–H and O–H groups in total. The highest BCUT2D eigenvalue weighted by Gasteiger charge is 2.30. The van der Waals surface area contributed by atoms with Crippen LogP contribution in [0.1, 0.15) is 47.0 Å². The normalized spacial score (nSPS) is 19.5. The summed E-state index contributed by atoms with van der Waals surface area (Å²) in [7, 11) is 0. The van der Waals surface area contributed by atoms with Crippen molar-refractivity contribution in [2.24, 2.45) is 0 Å². The Morgan fingerprint density at radius 2 is 2.07 bits per heavy atom. The molecule has 0 aliphatic carbocycles. The van der Waals surface area contributed by atoms with Gasteiger partial charge in [-0.1, -0.05) is 17.7 Å². The Kier molecular flexibility index (Phi) is 6.05. The SMILES string of the molecule is CCOC(=O)c1cc(C)c([C@@H]2CN(c3cc(Cl)nnc3N)[C@H](C)CO2)cc1C. The number of aryl methyl sites for hydroxylation is 2. The Morgan fingerprint density at radius 1 is 1.32 bits per heavy atom. The molecule has 1 fully saturated rings. The van der Waals surface area contributed by atoms with Gasteiger partial charge in [-0.2, -0.15) is 0 Å². The van der Waals surface area contributed by atoms with E-state index in [9.17, 15) is 4.79 Å². The quantitative estimate of drug-likeness (QED) is 0.780. The number of esters is 1. The number of halogens is 1. The van der Waals surface area contributed by atoms with E-state index >= 15 is 0 Å². The number of morpholine rings is 1. The summed E-state index contributed by atoms with van der Waals surface area (Å²) in [6.07, 6.45) is -0.169. The molecular weight excluding hydrogens is 380 g/mol. The number of nitrogen functional groups attached to an aromatic ring is 1. The number of benzene rings is 1. The van der Waals surface area contributed by atoms with Crippen molar-refractivity contribution in [3.05, 3.63) is 45.6 Å². The van der Waals surface area contributed by atoms with Crippen LogP contribution in [0.25, 0.3) is 0 Å². The second-order valence-corrected chi connectivity index (χ2v) is 7.39. The van der Waals surface area contributed by atoms with Crippen LogP contribution in [0.3, 0.4) is 0 Å². The van der Waals surface area contributed by atoms with Crippen molar-refractivity contribution < 1.29 is 14.3 Å². The van der Waals surface area contributed by atoms with Crippen LogP contribution in [0, 0.1) is 13.8 Å². The number of ether oxygens (including phenoxy) is 2. The van der Waals surface area contributed by atoms with Crippen molar-refractivity contribution >= 4 is 29.1 Å². The average Bonchev–Trinajstić information content (AvgIpc) is 2.66. The number of carbonyl (C=O) groups excluding carboxylic acids is 1. The fourth-order valence-corrected chi connectivity index (χ4v) is 3.63. The minimum Gasteiger partial charge on any atom is -0.462 e. The zero-order valence-corrected chi connectivity index (χ0v) is 17.3. The van der Waals surface area contributed by atoms with Crippen LogP contribution >= 0.6 is 11.6 Å². The Balaban J connectivity index is 1.91. The molecule has 8 heteroatoms. The molecule has 0 saturated carbocycles. The zero-order chi connectivity index (χ0) is 20.4. The largest absolute Gasteiger partial charge is 0.462 e. The summed E-state index contributed by atoms with van der Waals surface area (Å²) in [5.41, 5.74) is 10.2. The van der Waals surface area contributed by atoms with Crippen LogP contribution in [0.5, 0.6) is 0 Å². The Morgan fingerprint density at radius 3 is 2.79 bits per heavy atom. The fourth-order valence-electron chi connectivity index (χ4n) is 3.49. The Hall–Kier alpha value is -2.38. The summed E-state index contributed by atoms with van der Waals surface area (Å²) < 4.78 is 11.3. The van der Waals surface area contributed by atoms with E-state index in [1.165, 1.54) is 0 Å². The van der Waals surface area contributed by atoms with Gasteiger partial charge >= 0.3 is 5.97 Å². The van der Waals surface area contributed by atoms with Gasteiger partial charge in [0.25, 0.3) is 0 Å². The van der Waals surface area contributed by atoms with Gasteiger partial charge in [-0.25, -0.2) is 4.79 Å². The Bertz CT molecular complexity index is 890. The topological polar surface area (TPSA) is 90.6 Å². The highest BCUT2D eigenvalue weighted by atomic mass is 35.5. The van der Waals surface area contributed by atoms with Crippen LogP contribution in [-0.4, -0.2) is 42.0 Å². The third-order valence-electron chi connectivity index (χ3n) is 4.97. The van der Waals surface area contributed by atoms with E-state index in [1.807, 2.05) is 26.0 Å². The van der Waals surface area contributed by atoms with Crippen molar-refractivity contribution in [3.8, 4) is 0 Å². The zero-order valence-electron chi connectivity index (χ0n) is 16.5. The lowest BCUT2D eigenvalue weighted by Gasteiger charge is -2.40. The molecule has 2 atom stereocenters. The summed E-state index contributed by atoms with van der Waals surface area (Å²) in [6.45, 7) is 9.21. The predicted molar refractivity (Wildman–Crippen MR) is 109 cm³/mol. The van der Waals surface area contributed by atoms with Gasteiger partial charge in [-0.15, -0.1) is 10.2 Å². The molecule has 0 bridgehead atoms. The van der Waals surface area contributed by atoms with Crippen molar-refractivity contribution in [2.45, 2.75) is 39.8 Å². The smallest absolute Gasteiger partial charge is 0.338 e. The van der Waals surface area contributed by atoms with E-state index in [0.717, 1.165) is 22.4 Å². The van der Waals surface area contributed by atoms with Crippen LogP contribution < -0.4 is 10.6 Å². The minimum atomic E-state index is -0.306. The molecule has 2 aromatic rings. The molecule has 1 aromatic heterocycles. The molecule has 2 heterocycles. The van der Waals surface area contributed by atoms with Gasteiger partial charge in [0, 0.05) is 18.7 Å². The minimum absolute atomic E-state index is 0.110. The van der Waals surface area contributed by atoms with E-state index < -0.39 is 0 Å². The van der Waals surface area contributed by atoms with E-state index in [-0.39, 0.29) is 18.1 Å². The van der Waals surface area contributed by atoms with Gasteiger partial charge < -0.3 is 20.1 Å². The van der Waals surface area contributed by atoms with Crippen LogP contribution in [0.15, 0.2) is 18.2 Å². The van der Waals surface area contributed by atoms with E-state index in [0.29, 0.717) is 36.3 Å². The number of aromatic nitrogens is 2. The molecule has 1 aromatic carbocycles. The average molecular weight is 405 g/mol. The number of hydrogen-bond acceptors (Lipinski definition) is 7. The lowest BCUT2D eigenvalue weighted by molar-refractivity contribution is 0.0211. The first-order valence-corrected chi connectivity index (χ1v) is 9.64. The molecule has 1 aliphatic rings. The molecule has 150 valence electrons. The lowest BCUT2D eigenvalue weighted by Crippen LogP contribution is -2.45. The standard InChI is InChI=1S/C20H25ClN4O3/c1-5-27-20(26)15-7-11(2)14(6-12(15)3)17-9-25(13(4)10-28-17)16-8-18(21)23-24-19(16)22/h6-8,13,17H,5,9-10H2,1-4H3,(H2,22,24)/t13-,17+/m1/s1. The van der Waals surface area contributed by atoms with Gasteiger partial charge in [0.05, 0.1) is 24.5 Å². The number of carbonyl (C=O) groups is 1. The maximum atomic E-state index is 12.2. The van der Waals surface area contributed by atoms with Gasteiger partial charge in [0.2, 0.25) is 0 Å². The first-order chi connectivity index (χ1) is 13.3. The first-order valence-electron chi connectivity index (χ1n) is 9.27.